The summed E-state index contributed by atoms with van der Waals surface area (Å²) in [5.74, 6) is 0.564. The van der Waals surface area contributed by atoms with Crippen molar-refractivity contribution in [2.75, 3.05) is 23.1 Å². The van der Waals surface area contributed by atoms with Gasteiger partial charge >= 0.3 is 0 Å². The summed E-state index contributed by atoms with van der Waals surface area (Å²) < 4.78 is 30.2. The average molecular weight is 577 g/mol. The number of nitrogens with one attached hydrogen (secondary N) is 3. The van der Waals surface area contributed by atoms with E-state index in [0.717, 1.165) is 60.1 Å². The zero-order valence-corrected chi connectivity index (χ0v) is 23.5. The van der Waals surface area contributed by atoms with Crippen LogP contribution >= 0.6 is 11.6 Å². The average Bonchev–Trinajstić information content (AvgIpc) is 3.39. The van der Waals surface area contributed by atoms with Crippen molar-refractivity contribution in [3.05, 3.63) is 77.2 Å². The maximum absolute atomic E-state index is 13.0. The predicted molar refractivity (Wildman–Crippen MR) is 158 cm³/mol. The van der Waals surface area contributed by atoms with Crippen LogP contribution in [0.4, 0.5) is 11.8 Å². The number of hydrogen-bond donors (Lipinski definition) is 3. The van der Waals surface area contributed by atoms with Gasteiger partial charge in [0, 0.05) is 34.8 Å². The summed E-state index contributed by atoms with van der Waals surface area (Å²) in [6.45, 7) is 4.06. The van der Waals surface area contributed by atoms with Crippen LogP contribution in [0, 0.1) is 0 Å². The van der Waals surface area contributed by atoms with Gasteiger partial charge in [-0.05, 0) is 67.3 Å². The third kappa shape index (κ3) is 5.45. The largest absolute Gasteiger partial charge is 0.350 e. The second kappa shape index (κ2) is 11.0. The molecule has 206 valence electrons. The molecule has 12 heteroatoms. The number of aromatic nitrogens is 5. The monoisotopic (exact) mass is 576 g/mol. The van der Waals surface area contributed by atoms with Crippen molar-refractivity contribution in [3.63, 3.8) is 0 Å². The lowest BCUT2D eigenvalue weighted by atomic mass is 10.0. The molecule has 1 aliphatic rings. The number of nitrogens with zero attached hydrogens (tertiary/aromatic N) is 5. The van der Waals surface area contributed by atoms with Crippen LogP contribution in [0.15, 0.2) is 61.1 Å². The molecule has 1 atom stereocenters. The van der Waals surface area contributed by atoms with Gasteiger partial charge in [0.05, 0.1) is 17.0 Å². The second-order valence-electron chi connectivity index (χ2n) is 9.88. The minimum Gasteiger partial charge on any atom is -0.350 e. The first-order valence-electron chi connectivity index (χ1n) is 13.2. The molecule has 5 aromatic rings. The van der Waals surface area contributed by atoms with Gasteiger partial charge in [-0.25, -0.2) is 27.9 Å². The first kappa shape index (κ1) is 26.4. The lowest BCUT2D eigenvalue weighted by Crippen LogP contribution is -2.38. The van der Waals surface area contributed by atoms with Gasteiger partial charge in [0.25, 0.3) is 0 Å². The van der Waals surface area contributed by atoms with E-state index in [1.54, 1.807) is 34.8 Å². The molecular formula is C28H29ClN8O2S. The fourth-order valence-corrected chi connectivity index (χ4v) is 6.57. The predicted octanol–water partition coefficient (Wildman–Crippen LogP) is 4.66. The number of benzene rings is 2. The van der Waals surface area contributed by atoms with E-state index in [0.29, 0.717) is 28.1 Å². The van der Waals surface area contributed by atoms with Crippen molar-refractivity contribution in [1.82, 2.24) is 29.9 Å². The van der Waals surface area contributed by atoms with Gasteiger partial charge in [0.1, 0.15) is 11.8 Å². The van der Waals surface area contributed by atoms with Crippen LogP contribution in [-0.4, -0.2) is 52.1 Å². The number of aryl methyl sites for hydroxylation is 1. The molecule has 3 N–H and O–H groups in total. The summed E-state index contributed by atoms with van der Waals surface area (Å²) in [4.78, 5) is 13.7. The number of hydrogen-bond acceptors (Lipinski definition) is 8. The summed E-state index contributed by atoms with van der Waals surface area (Å²) in [6.07, 6.45) is 6.20. The molecular weight excluding hydrogens is 548 g/mol. The number of piperidine rings is 1. The second-order valence-corrected chi connectivity index (χ2v) is 12.0. The molecule has 40 heavy (non-hydrogen) atoms. The normalized spacial score (nSPS) is 15.9. The van der Waals surface area contributed by atoms with Gasteiger partial charge in [0.2, 0.25) is 16.0 Å². The summed E-state index contributed by atoms with van der Waals surface area (Å²) in [7, 11) is -3.78. The smallest absolute Gasteiger partial charge is 0.238 e. The molecule has 0 amide bonds. The lowest BCUT2D eigenvalue weighted by molar-refractivity contribution is 0.478. The summed E-state index contributed by atoms with van der Waals surface area (Å²) in [5, 5.41) is 12.6. The molecule has 0 bridgehead atoms. The standard InChI is InChI=1S/C28H29ClN8O2S/c1-2-18-12-20(13-21-14-31-28(35-26(18)21)34-22-7-5-11-30-15-22)24-9-10-25-27(32-17-33-37(24)25)36-40(38,39)16-19-6-3-4-8-23(19)29/h3-4,6,8-10,12-14,17,22,30H,2,5,7,11,15-16H2,1H3,(H,31,34,35)(H,32,33,36). The molecule has 6 rings (SSSR count). The van der Waals surface area contributed by atoms with E-state index < -0.39 is 10.0 Å². The third-order valence-corrected chi connectivity index (χ3v) is 8.64. The van der Waals surface area contributed by atoms with Crippen molar-refractivity contribution in [2.45, 2.75) is 38.0 Å². The summed E-state index contributed by atoms with van der Waals surface area (Å²) in [5.41, 5.74) is 4.78. The Morgan fingerprint density at radius 2 is 2.00 bits per heavy atom. The van der Waals surface area contributed by atoms with Gasteiger partial charge in [-0.2, -0.15) is 5.10 Å². The van der Waals surface area contributed by atoms with Crippen molar-refractivity contribution in [1.29, 1.82) is 0 Å². The highest BCUT2D eigenvalue weighted by molar-refractivity contribution is 7.91. The first-order valence-corrected chi connectivity index (χ1v) is 15.3. The van der Waals surface area contributed by atoms with Crippen molar-refractivity contribution >= 4 is 49.8 Å². The Labute approximate surface area is 237 Å². The van der Waals surface area contributed by atoms with E-state index in [9.17, 15) is 8.42 Å². The van der Waals surface area contributed by atoms with Crippen LogP contribution in [0.3, 0.4) is 0 Å². The molecule has 0 spiro atoms. The van der Waals surface area contributed by atoms with Crippen molar-refractivity contribution < 1.29 is 8.42 Å². The van der Waals surface area contributed by atoms with Crippen molar-refractivity contribution in [2.24, 2.45) is 0 Å². The molecule has 0 aliphatic carbocycles. The van der Waals surface area contributed by atoms with E-state index in [1.165, 1.54) is 6.33 Å². The van der Waals surface area contributed by atoms with E-state index >= 15 is 0 Å². The minimum absolute atomic E-state index is 0.195. The number of sulfonamides is 1. The molecule has 10 nitrogen and oxygen atoms in total. The van der Waals surface area contributed by atoms with Gasteiger partial charge in [-0.15, -0.1) is 0 Å². The molecule has 1 unspecified atom stereocenters. The van der Waals surface area contributed by atoms with Crippen LogP contribution in [0.5, 0.6) is 0 Å². The highest BCUT2D eigenvalue weighted by Gasteiger charge is 2.19. The quantitative estimate of drug-likeness (QED) is 0.243. The van der Waals surface area contributed by atoms with Crippen molar-refractivity contribution in [3.8, 4) is 11.3 Å². The summed E-state index contributed by atoms with van der Waals surface area (Å²) >= 11 is 6.18. The van der Waals surface area contributed by atoms with Crippen LogP contribution in [0.25, 0.3) is 27.7 Å². The van der Waals surface area contributed by atoms with Gasteiger partial charge in [-0.3, -0.25) is 4.72 Å². The molecule has 1 aliphatic heterocycles. The highest BCUT2D eigenvalue weighted by Crippen LogP contribution is 2.30. The number of anilines is 2. The Morgan fingerprint density at radius 1 is 1.12 bits per heavy atom. The van der Waals surface area contributed by atoms with Crippen LogP contribution in [-0.2, 0) is 22.2 Å². The SMILES string of the molecule is CCc1cc(-c2ccc3c(NS(=O)(=O)Cc4ccccc4Cl)ncnn23)cc2cnc(NC3CCCNC3)nc12. The first-order chi connectivity index (χ1) is 19.4. The molecule has 0 radical (unpaired) electrons. The number of rotatable bonds is 8. The van der Waals surface area contributed by atoms with E-state index in [4.69, 9.17) is 16.6 Å². The zero-order valence-electron chi connectivity index (χ0n) is 21.9. The molecule has 3 aromatic heterocycles. The van der Waals surface area contributed by atoms with Gasteiger partial charge < -0.3 is 10.6 Å². The molecule has 4 heterocycles. The van der Waals surface area contributed by atoms with Gasteiger partial charge in [-0.1, -0.05) is 36.7 Å². The molecule has 2 aromatic carbocycles. The molecule has 0 saturated carbocycles. The van der Waals surface area contributed by atoms with Crippen LogP contribution < -0.4 is 15.4 Å². The molecule has 1 saturated heterocycles. The van der Waals surface area contributed by atoms with E-state index in [-0.39, 0.29) is 11.6 Å². The topological polar surface area (TPSA) is 126 Å². The van der Waals surface area contributed by atoms with Crippen LogP contribution in [0.2, 0.25) is 5.02 Å². The fraction of sp³-hybridized carbons (Fsp3) is 0.286. The Morgan fingerprint density at radius 3 is 2.80 bits per heavy atom. The Kier molecular flexibility index (Phi) is 7.26. The van der Waals surface area contributed by atoms with Crippen LogP contribution in [0.1, 0.15) is 30.9 Å². The number of fused-ring (bicyclic) bond motifs is 2. The Hall–Kier alpha value is -3.80. The summed E-state index contributed by atoms with van der Waals surface area (Å²) in [6, 6.07) is 15.0. The third-order valence-electron chi connectivity index (χ3n) is 7.08. The fourth-order valence-electron chi connectivity index (χ4n) is 5.10. The highest BCUT2D eigenvalue weighted by atomic mass is 35.5. The van der Waals surface area contributed by atoms with Gasteiger partial charge in [0.15, 0.2) is 5.82 Å². The van der Waals surface area contributed by atoms with E-state index in [2.05, 4.69) is 43.4 Å². The lowest BCUT2D eigenvalue weighted by Gasteiger charge is -2.23. The Balaban J connectivity index is 1.31. The number of halogens is 1. The zero-order chi connectivity index (χ0) is 27.7. The maximum Gasteiger partial charge on any atom is 0.238 e. The Bertz CT molecular complexity index is 1800. The minimum atomic E-state index is -3.78. The van der Waals surface area contributed by atoms with E-state index in [1.807, 2.05) is 18.3 Å². The maximum atomic E-state index is 13.0. The molecule has 1 fully saturated rings.